The highest BCUT2D eigenvalue weighted by Gasteiger charge is 2.43. The summed E-state index contributed by atoms with van der Waals surface area (Å²) < 4.78 is 5.64. The van der Waals surface area contributed by atoms with Gasteiger partial charge < -0.3 is 30.1 Å². The number of aliphatic hydroxyl groups excluding tert-OH is 1. The molecule has 3 heterocycles. The van der Waals surface area contributed by atoms with E-state index in [1.807, 2.05) is 26.8 Å². The number of carbonyl (C=O) groups excluding carboxylic acids is 2. The maximum atomic E-state index is 13.8. The molecule has 4 atom stereocenters. The van der Waals surface area contributed by atoms with E-state index in [9.17, 15) is 14.7 Å². The van der Waals surface area contributed by atoms with Gasteiger partial charge in [0.15, 0.2) is 11.6 Å². The Hall–Kier alpha value is -3.42. The molecule has 4 rings (SSSR count). The molecule has 0 bridgehead atoms. The first kappa shape index (κ1) is 25.7. The summed E-state index contributed by atoms with van der Waals surface area (Å²) >= 11 is 0. The number of carbonyl (C=O) groups is 2. The van der Waals surface area contributed by atoms with Crippen LogP contribution >= 0.6 is 0 Å². The topological polar surface area (TPSA) is 135 Å². The minimum Gasteiger partial charge on any atom is -0.391 e. The molecular weight excluding hydrogens is 460 g/mol. The molecule has 0 spiro atoms. The second kappa shape index (κ2) is 11.1. The van der Waals surface area contributed by atoms with Crippen LogP contribution in [-0.2, 0) is 9.59 Å². The Kier molecular flexibility index (Phi) is 7.91. The molecule has 1 aromatic carbocycles. The van der Waals surface area contributed by atoms with Gasteiger partial charge in [-0.3, -0.25) is 9.59 Å². The average Bonchev–Trinajstić information content (AvgIpc) is 3.51. The average molecular weight is 495 g/mol. The number of aliphatic hydroxyl groups is 1. The summed E-state index contributed by atoms with van der Waals surface area (Å²) in [5.74, 6) is -0.118. The minimum atomic E-state index is -0.787. The van der Waals surface area contributed by atoms with Crippen molar-refractivity contribution in [1.29, 1.82) is 5.26 Å². The third-order valence-electron chi connectivity index (χ3n) is 6.96. The van der Waals surface area contributed by atoms with Crippen LogP contribution in [0.4, 0.5) is 5.82 Å². The predicted molar refractivity (Wildman–Crippen MR) is 133 cm³/mol. The number of nitrogens with one attached hydrogen (secondary N) is 2. The maximum Gasteiger partial charge on any atom is 0.243 e. The van der Waals surface area contributed by atoms with Crippen molar-refractivity contribution in [2.75, 3.05) is 37.6 Å². The summed E-state index contributed by atoms with van der Waals surface area (Å²) in [6.07, 6.45) is -0.612. The number of amides is 2. The van der Waals surface area contributed by atoms with Crippen LogP contribution in [0.25, 0.3) is 0 Å². The van der Waals surface area contributed by atoms with Gasteiger partial charge in [0.2, 0.25) is 11.8 Å². The lowest BCUT2D eigenvalue weighted by molar-refractivity contribution is -0.141. The Balaban J connectivity index is 1.49. The van der Waals surface area contributed by atoms with Crippen LogP contribution in [0, 0.1) is 17.2 Å². The van der Waals surface area contributed by atoms with Crippen LogP contribution in [0.15, 0.2) is 34.9 Å². The van der Waals surface area contributed by atoms with Gasteiger partial charge in [-0.25, -0.2) is 0 Å². The Morgan fingerprint density at radius 1 is 1.22 bits per heavy atom. The monoisotopic (exact) mass is 494 g/mol. The molecule has 10 heteroatoms. The van der Waals surface area contributed by atoms with Crippen molar-refractivity contribution in [3.05, 3.63) is 47.2 Å². The highest BCUT2D eigenvalue weighted by Crippen LogP contribution is 2.33. The van der Waals surface area contributed by atoms with Gasteiger partial charge in [0.1, 0.15) is 12.0 Å². The van der Waals surface area contributed by atoms with Crippen molar-refractivity contribution in [2.24, 2.45) is 5.92 Å². The molecular formula is C26H34N6O4. The summed E-state index contributed by atoms with van der Waals surface area (Å²) in [4.78, 5) is 30.6. The fourth-order valence-electron chi connectivity index (χ4n) is 4.93. The largest absolute Gasteiger partial charge is 0.391 e. The third-order valence-corrected chi connectivity index (χ3v) is 6.96. The zero-order valence-electron chi connectivity index (χ0n) is 21.0. The standard InChI is InChI=1S/C26H34N6O4/c1-16(2)24(22-13-23(30-36-22)31-10-8-28-9-11-31)26(35)32-15-20(33)12-21(32)25(34)29-17(3)19-6-4-18(14-27)5-7-19/h4-7,13,16-17,20-21,24,28,33H,8-12,15H2,1-3H3,(H,29,34)/t17-,20+,21-,24+/m0/s1. The Morgan fingerprint density at radius 3 is 2.56 bits per heavy atom. The lowest BCUT2D eigenvalue weighted by Gasteiger charge is -2.29. The summed E-state index contributed by atoms with van der Waals surface area (Å²) in [6, 6.07) is 9.78. The van der Waals surface area contributed by atoms with Crippen molar-refractivity contribution in [2.45, 2.75) is 51.3 Å². The van der Waals surface area contributed by atoms with E-state index in [1.165, 1.54) is 4.90 Å². The molecule has 2 fully saturated rings. The lowest BCUT2D eigenvalue weighted by Crippen LogP contribution is -2.48. The summed E-state index contributed by atoms with van der Waals surface area (Å²) in [5, 5.41) is 29.9. The smallest absolute Gasteiger partial charge is 0.243 e. The molecule has 2 amide bonds. The van der Waals surface area contributed by atoms with E-state index in [4.69, 9.17) is 9.78 Å². The fourth-order valence-corrected chi connectivity index (χ4v) is 4.93. The van der Waals surface area contributed by atoms with Crippen molar-refractivity contribution < 1.29 is 19.2 Å². The molecule has 0 unspecified atom stereocenters. The van der Waals surface area contributed by atoms with Crippen LogP contribution < -0.4 is 15.5 Å². The van der Waals surface area contributed by atoms with Crippen LogP contribution in [0.5, 0.6) is 0 Å². The maximum absolute atomic E-state index is 13.8. The summed E-state index contributed by atoms with van der Waals surface area (Å²) in [6.45, 7) is 9.14. The van der Waals surface area contributed by atoms with Gasteiger partial charge in [-0.15, -0.1) is 0 Å². The number of benzene rings is 1. The first-order chi connectivity index (χ1) is 17.3. The quantitative estimate of drug-likeness (QED) is 0.528. The second-order valence-electron chi connectivity index (χ2n) is 9.91. The molecule has 2 saturated heterocycles. The van der Waals surface area contributed by atoms with Crippen LogP contribution in [0.3, 0.4) is 0 Å². The van der Waals surface area contributed by atoms with E-state index in [1.54, 1.807) is 24.3 Å². The number of hydrogen-bond acceptors (Lipinski definition) is 8. The number of piperazine rings is 1. The number of likely N-dealkylation sites (tertiary alicyclic amines) is 1. The van der Waals surface area contributed by atoms with Gasteiger partial charge >= 0.3 is 0 Å². The van der Waals surface area contributed by atoms with Gasteiger partial charge in [0.25, 0.3) is 0 Å². The van der Waals surface area contributed by atoms with E-state index in [0.29, 0.717) is 17.1 Å². The van der Waals surface area contributed by atoms with Gasteiger partial charge in [0.05, 0.1) is 23.8 Å². The fraction of sp³-hybridized carbons (Fsp3) is 0.538. The molecule has 0 radical (unpaired) electrons. The van der Waals surface area contributed by atoms with Crippen LogP contribution in [-0.4, -0.2) is 71.8 Å². The summed E-state index contributed by atoms with van der Waals surface area (Å²) in [7, 11) is 0. The van der Waals surface area contributed by atoms with E-state index in [-0.39, 0.29) is 36.7 Å². The number of rotatable bonds is 7. The molecule has 3 N–H and O–H groups in total. The van der Waals surface area contributed by atoms with Crippen LogP contribution in [0.2, 0.25) is 0 Å². The first-order valence-corrected chi connectivity index (χ1v) is 12.5. The van der Waals surface area contributed by atoms with Gasteiger partial charge in [-0.05, 0) is 30.5 Å². The van der Waals surface area contributed by atoms with Crippen molar-refractivity contribution in [3.63, 3.8) is 0 Å². The Bertz CT molecular complexity index is 1100. The van der Waals surface area contributed by atoms with Gasteiger partial charge in [0, 0.05) is 45.2 Å². The Morgan fingerprint density at radius 2 is 1.92 bits per heavy atom. The summed E-state index contributed by atoms with van der Waals surface area (Å²) in [5.41, 5.74) is 1.39. The number of anilines is 1. The molecule has 2 aliphatic heterocycles. The number of nitrogens with zero attached hydrogens (tertiary/aromatic N) is 4. The molecule has 10 nitrogen and oxygen atoms in total. The molecule has 0 saturated carbocycles. The molecule has 0 aliphatic carbocycles. The van der Waals surface area contributed by atoms with E-state index < -0.39 is 18.1 Å². The number of β-amino-alcohol motifs (C(OH)–C–C–N with tert-alkyl or cyclic N) is 1. The molecule has 192 valence electrons. The first-order valence-electron chi connectivity index (χ1n) is 12.5. The van der Waals surface area contributed by atoms with E-state index in [2.05, 4.69) is 26.8 Å². The van der Waals surface area contributed by atoms with Crippen molar-refractivity contribution in [1.82, 2.24) is 20.7 Å². The zero-order valence-corrected chi connectivity index (χ0v) is 21.0. The molecule has 2 aliphatic rings. The van der Waals surface area contributed by atoms with Crippen molar-refractivity contribution >= 4 is 17.6 Å². The zero-order chi connectivity index (χ0) is 25.8. The normalized spacial score (nSPS) is 21.8. The van der Waals surface area contributed by atoms with Gasteiger partial charge in [-0.1, -0.05) is 31.1 Å². The third kappa shape index (κ3) is 5.53. The number of hydrogen-bond donors (Lipinski definition) is 3. The SMILES string of the molecule is CC(C)[C@@H](C(=O)N1C[C@H](O)C[C@H]1C(=O)N[C@@H](C)c1ccc(C#N)cc1)c1cc(N2CCNCC2)no1. The van der Waals surface area contributed by atoms with Gasteiger partial charge in [-0.2, -0.15) is 5.26 Å². The Labute approximate surface area is 211 Å². The minimum absolute atomic E-state index is 0.0875. The highest BCUT2D eigenvalue weighted by molar-refractivity contribution is 5.91. The predicted octanol–water partition coefficient (Wildman–Crippen LogP) is 1.53. The van der Waals surface area contributed by atoms with Crippen LogP contribution in [0.1, 0.15) is 56.0 Å². The van der Waals surface area contributed by atoms with E-state index in [0.717, 1.165) is 31.7 Å². The molecule has 1 aromatic heterocycles. The molecule has 2 aromatic rings. The molecule has 36 heavy (non-hydrogen) atoms. The lowest BCUT2D eigenvalue weighted by atomic mass is 9.91. The van der Waals surface area contributed by atoms with Crippen molar-refractivity contribution in [3.8, 4) is 6.07 Å². The van der Waals surface area contributed by atoms with E-state index >= 15 is 0 Å². The second-order valence-corrected chi connectivity index (χ2v) is 9.91. The number of aromatic nitrogens is 1. The highest BCUT2D eigenvalue weighted by atomic mass is 16.5. The number of nitriles is 1.